The molecule has 1 fully saturated rings. The van der Waals surface area contributed by atoms with Crippen LogP contribution >= 0.6 is 0 Å². The van der Waals surface area contributed by atoms with E-state index in [1.807, 2.05) is 6.92 Å². The zero-order valence-electron chi connectivity index (χ0n) is 13.4. The smallest absolute Gasteiger partial charge is 0.230 e. The number of aromatic nitrogens is 2. The average Bonchev–Trinajstić information content (AvgIpc) is 2.49. The highest BCUT2D eigenvalue weighted by molar-refractivity contribution is 5.91. The number of hydrogen-bond donors (Lipinski definition) is 4. The zero-order chi connectivity index (χ0) is 16.4. The van der Waals surface area contributed by atoms with Crippen LogP contribution in [-0.2, 0) is 0 Å². The summed E-state index contributed by atoms with van der Waals surface area (Å²) in [5.74, 6) is 0.741. The summed E-state index contributed by atoms with van der Waals surface area (Å²) in [6.45, 7) is 3.96. The fourth-order valence-corrected chi connectivity index (χ4v) is 2.84. The number of guanidine groups is 1. The summed E-state index contributed by atoms with van der Waals surface area (Å²) in [6.07, 6.45) is 2.04. The van der Waals surface area contributed by atoms with Crippen molar-refractivity contribution in [3.63, 3.8) is 0 Å². The van der Waals surface area contributed by atoms with E-state index in [4.69, 9.17) is 5.41 Å². The van der Waals surface area contributed by atoms with Crippen molar-refractivity contribution in [2.45, 2.75) is 25.8 Å². The highest BCUT2D eigenvalue weighted by Crippen LogP contribution is 2.21. The van der Waals surface area contributed by atoms with Crippen LogP contribution in [0.2, 0.25) is 0 Å². The van der Waals surface area contributed by atoms with Crippen LogP contribution in [0.25, 0.3) is 10.9 Å². The van der Waals surface area contributed by atoms with Crippen molar-refractivity contribution in [3.05, 3.63) is 23.9 Å². The molecule has 1 saturated heterocycles. The van der Waals surface area contributed by atoms with Crippen LogP contribution in [0, 0.1) is 12.3 Å². The summed E-state index contributed by atoms with van der Waals surface area (Å²) in [5.41, 5.74) is 1.47. The lowest BCUT2D eigenvalue weighted by atomic mass is 10.1. The van der Waals surface area contributed by atoms with Gasteiger partial charge in [0.05, 0.1) is 11.2 Å². The van der Waals surface area contributed by atoms with Crippen LogP contribution in [0.3, 0.4) is 0 Å². The first-order valence-corrected chi connectivity index (χ1v) is 7.79. The van der Waals surface area contributed by atoms with Crippen molar-refractivity contribution < 1.29 is 5.11 Å². The lowest BCUT2D eigenvalue weighted by molar-refractivity contribution is 0.247. The summed E-state index contributed by atoms with van der Waals surface area (Å²) in [4.78, 5) is 11.0. The Morgan fingerprint density at radius 1 is 1.30 bits per heavy atom. The maximum atomic E-state index is 9.59. The molecular formula is C16H22N6O. The number of fused-ring (bicyclic) bond motifs is 1. The first kappa shape index (κ1) is 15.5. The summed E-state index contributed by atoms with van der Waals surface area (Å²) < 4.78 is 0. The summed E-state index contributed by atoms with van der Waals surface area (Å²) >= 11 is 0. The minimum Gasteiger partial charge on any atom is -0.508 e. The molecule has 0 amide bonds. The maximum absolute atomic E-state index is 9.59. The quantitative estimate of drug-likeness (QED) is 0.497. The van der Waals surface area contributed by atoms with Gasteiger partial charge in [-0.05, 0) is 52.0 Å². The van der Waals surface area contributed by atoms with E-state index in [2.05, 4.69) is 32.5 Å². The van der Waals surface area contributed by atoms with E-state index in [-0.39, 0.29) is 11.7 Å². The molecule has 7 nitrogen and oxygen atoms in total. The number of aryl methyl sites for hydroxylation is 1. The third-order valence-corrected chi connectivity index (χ3v) is 4.17. The third-order valence-electron chi connectivity index (χ3n) is 4.17. The molecule has 4 N–H and O–H groups in total. The topological polar surface area (TPSA) is 97.2 Å². The van der Waals surface area contributed by atoms with Gasteiger partial charge in [0.2, 0.25) is 5.95 Å². The van der Waals surface area contributed by atoms with E-state index in [1.54, 1.807) is 18.2 Å². The van der Waals surface area contributed by atoms with Gasteiger partial charge in [0.15, 0.2) is 5.96 Å². The Balaban J connectivity index is 1.69. The van der Waals surface area contributed by atoms with E-state index in [0.717, 1.165) is 37.0 Å². The van der Waals surface area contributed by atoms with Crippen LogP contribution in [0.4, 0.5) is 5.95 Å². The molecule has 1 aromatic heterocycles. The van der Waals surface area contributed by atoms with Crippen molar-refractivity contribution in [1.29, 1.82) is 5.41 Å². The number of anilines is 1. The highest BCUT2D eigenvalue weighted by atomic mass is 16.3. The molecule has 2 aromatic rings. The molecule has 122 valence electrons. The molecule has 0 atom stereocenters. The number of phenols is 1. The molecule has 0 aliphatic carbocycles. The molecule has 0 radical (unpaired) electrons. The van der Waals surface area contributed by atoms with Crippen LogP contribution in [-0.4, -0.2) is 52.1 Å². The lowest BCUT2D eigenvalue weighted by Crippen LogP contribution is -2.45. The van der Waals surface area contributed by atoms with Crippen molar-refractivity contribution >= 4 is 22.8 Å². The summed E-state index contributed by atoms with van der Waals surface area (Å²) in [5, 5.41) is 24.6. The van der Waals surface area contributed by atoms with Gasteiger partial charge in [-0.2, -0.15) is 0 Å². The third kappa shape index (κ3) is 3.68. The zero-order valence-corrected chi connectivity index (χ0v) is 13.4. The second-order valence-corrected chi connectivity index (χ2v) is 6.06. The molecule has 3 rings (SSSR count). The van der Waals surface area contributed by atoms with E-state index in [0.29, 0.717) is 17.5 Å². The lowest BCUT2D eigenvalue weighted by Gasteiger charge is -2.30. The van der Waals surface area contributed by atoms with Gasteiger partial charge in [-0.25, -0.2) is 9.97 Å². The van der Waals surface area contributed by atoms with Crippen LogP contribution in [0.15, 0.2) is 18.2 Å². The minimum absolute atomic E-state index is 0.168. The van der Waals surface area contributed by atoms with Crippen molar-refractivity contribution in [3.8, 4) is 5.75 Å². The number of rotatable bonds is 2. The number of benzene rings is 1. The number of nitrogens with zero attached hydrogens (tertiary/aromatic N) is 3. The number of phenolic OH excluding ortho intramolecular Hbond substituents is 1. The van der Waals surface area contributed by atoms with Crippen LogP contribution < -0.4 is 10.6 Å². The SMILES string of the molecule is Cc1nc(NC(=N)NC2CCN(C)CC2)nc2cc(O)ccc12. The van der Waals surface area contributed by atoms with Gasteiger partial charge >= 0.3 is 0 Å². The number of piperidine rings is 1. The molecule has 23 heavy (non-hydrogen) atoms. The Kier molecular flexibility index (Phi) is 4.29. The Bertz CT molecular complexity index is 724. The fourth-order valence-electron chi connectivity index (χ4n) is 2.84. The van der Waals surface area contributed by atoms with Gasteiger partial charge in [0.1, 0.15) is 5.75 Å². The normalized spacial score (nSPS) is 16.4. The molecule has 1 aliphatic heterocycles. The highest BCUT2D eigenvalue weighted by Gasteiger charge is 2.17. The van der Waals surface area contributed by atoms with E-state index < -0.39 is 0 Å². The van der Waals surface area contributed by atoms with Gasteiger partial charge < -0.3 is 15.3 Å². The molecule has 1 aromatic carbocycles. The van der Waals surface area contributed by atoms with Gasteiger partial charge in [0.25, 0.3) is 0 Å². The molecular weight excluding hydrogens is 292 g/mol. The Morgan fingerprint density at radius 2 is 2.04 bits per heavy atom. The standard InChI is InChI=1S/C16H22N6O/c1-10-13-4-3-12(23)9-14(13)20-16(18-10)21-15(17)19-11-5-7-22(2)8-6-11/h3-4,9,11,23H,5-8H2,1-2H3,(H3,17,18,19,20,21). The molecule has 2 heterocycles. The molecule has 7 heteroatoms. The summed E-state index contributed by atoms with van der Waals surface area (Å²) in [6, 6.07) is 5.32. The molecule has 0 unspecified atom stereocenters. The van der Waals surface area contributed by atoms with E-state index in [1.165, 1.54) is 0 Å². The second kappa shape index (κ2) is 6.37. The second-order valence-electron chi connectivity index (χ2n) is 6.06. The molecule has 0 bridgehead atoms. The van der Waals surface area contributed by atoms with Crippen molar-refractivity contribution in [2.24, 2.45) is 0 Å². The summed E-state index contributed by atoms with van der Waals surface area (Å²) in [7, 11) is 2.11. The van der Waals surface area contributed by atoms with E-state index in [9.17, 15) is 5.11 Å². The van der Waals surface area contributed by atoms with Crippen LogP contribution in [0.1, 0.15) is 18.5 Å². The van der Waals surface area contributed by atoms with Crippen molar-refractivity contribution in [2.75, 3.05) is 25.5 Å². The van der Waals surface area contributed by atoms with Gasteiger partial charge in [-0.1, -0.05) is 0 Å². The molecule has 1 aliphatic rings. The van der Waals surface area contributed by atoms with Crippen molar-refractivity contribution in [1.82, 2.24) is 20.2 Å². The molecule has 0 spiro atoms. The van der Waals surface area contributed by atoms with Crippen LogP contribution in [0.5, 0.6) is 5.75 Å². The predicted octanol–water partition coefficient (Wildman–Crippen LogP) is 1.67. The number of nitrogens with one attached hydrogen (secondary N) is 3. The first-order chi connectivity index (χ1) is 11.0. The Labute approximate surface area is 135 Å². The first-order valence-electron chi connectivity index (χ1n) is 7.79. The Hall–Kier alpha value is -2.41. The van der Waals surface area contributed by atoms with Gasteiger partial charge in [0, 0.05) is 17.5 Å². The number of hydrogen-bond acceptors (Lipinski definition) is 5. The predicted molar refractivity (Wildman–Crippen MR) is 90.9 cm³/mol. The number of aromatic hydroxyl groups is 1. The monoisotopic (exact) mass is 314 g/mol. The van der Waals surface area contributed by atoms with Gasteiger partial charge in [-0.3, -0.25) is 10.7 Å². The minimum atomic E-state index is 0.168. The maximum Gasteiger partial charge on any atom is 0.230 e. The number of likely N-dealkylation sites (tertiary alicyclic amines) is 1. The molecule has 0 saturated carbocycles. The average molecular weight is 314 g/mol. The Morgan fingerprint density at radius 3 is 2.78 bits per heavy atom. The largest absolute Gasteiger partial charge is 0.508 e. The fraction of sp³-hybridized carbons (Fsp3) is 0.438. The van der Waals surface area contributed by atoms with E-state index >= 15 is 0 Å². The van der Waals surface area contributed by atoms with Gasteiger partial charge in [-0.15, -0.1) is 0 Å².